The number of urea groups is 1. The van der Waals surface area contributed by atoms with E-state index >= 15 is 0 Å². The highest BCUT2D eigenvalue weighted by Crippen LogP contribution is 2.12. The third-order valence-corrected chi connectivity index (χ3v) is 3.16. The maximum Gasteiger partial charge on any atom is 0.317 e. The van der Waals surface area contributed by atoms with Crippen molar-refractivity contribution in [1.82, 2.24) is 10.2 Å². The molecular formula is C15H22N2O4. The van der Waals surface area contributed by atoms with E-state index in [0.29, 0.717) is 13.1 Å². The van der Waals surface area contributed by atoms with E-state index in [4.69, 9.17) is 9.84 Å². The number of carboxylic acids is 1. The summed E-state index contributed by atoms with van der Waals surface area (Å²) in [5, 5.41) is 11.7. The largest absolute Gasteiger partial charge is 0.497 e. The molecule has 0 aliphatic rings. The van der Waals surface area contributed by atoms with Gasteiger partial charge in [-0.15, -0.1) is 0 Å². The Morgan fingerprint density at radius 3 is 2.71 bits per heavy atom. The van der Waals surface area contributed by atoms with Gasteiger partial charge in [0.25, 0.3) is 0 Å². The number of hydrogen-bond donors (Lipinski definition) is 2. The number of carboxylic acid groups (broad SMARTS) is 1. The average Bonchev–Trinajstić information content (AvgIpc) is 2.49. The number of rotatable bonds is 7. The molecule has 1 unspecified atom stereocenters. The first kappa shape index (κ1) is 16.8. The van der Waals surface area contributed by atoms with E-state index in [0.717, 1.165) is 11.3 Å². The Labute approximate surface area is 124 Å². The zero-order chi connectivity index (χ0) is 15.8. The summed E-state index contributed by atoms with van der Waals surface area (Å²) in [5.74, 6) is -0.768. The van der Waals surface area contributed by atoms with Crippen molar-refractivity contribution in [1.29, 1.82) is 0 Å². The van der Waals surface area contributed by atoms with Crippen LogP contribution in [0.4, 0.5) is 4.79 Å². The third kappa shape index (κ3) is 5.33. The van der Waals surface area contributed by atoms with Crippen LogP contribution in [0.25, 0.3) is 0 Å². The molecule has 0 spiro atoms. The van der Waals surface area contributed by atoms with Gasteiger partial charge in [0.1, 0.15) is 5.75 Å². The number of benzene rings is 1. The van der Waals surface area contributed by atoms with Crippen molar-refractivity contribution < 1.29 is 19.4 Å². The highest BCUT2D eigenvalue weighted by atomic mass is 16.5. The van der Waals surface area contributed by atoms with Gasteiger partial charge in [0, 0.05) is 19.6 Å². The monoisotopic (exact) mass is 294 g/mol. The minimum absolute atomic E-state index is 0.190. The first-order valence-electron chi connectivity index (χ1n) is 6.86. The Balaban J connectivity index is 2.55. The van der Waals surface area contributed by atoms with E-state index in [9.17, 15) is 9.59 Å². The third-order valence-electron chi connectivity index (χ3n) is 3.16. The number of nitrogens with zero attached hydrogens (tertiary/aromatic N) is 1. The second kappa shape index (κ2) is 8.14. The summed E-state index contributed by atoms with van der Waals surface area (Å²) >= 11 is 0. The van der Waals surface area contributed by atoms with Crippen molar-refractivity contribution in [2.75, 3.05) is 20.2 Å². The fourth-order valence-corrected chi connectivity index (χ4v) is 1.84. The van der Waals surface area contributed by atoms with Gasteiger partial charge in [0.05, 0.1) is 13.0 Å². The van der Waals surface area contributed by atoms with Crippen LogP contribution < -0.4 is 10.1 Å². The summed E-state index contributed by atoms with van der Waals surface area (Å²) < 4.78 is 5.12. The Bertz CT molecular complexity index is 490. The molecule has 1 aromatic carbocycles. The average molecular weight is 294 g/mol. The van der Waals surface area contributed by atoms with Crippen LogP contribution in [0.3, 0.4) is 0 Å². The zero-order valence-corrected chi connectivity index (χ0v) is 12.6. The quantitative estimate of drug-likeness (QED) is 0.805. The molecule has 0 saturated carbocycles. The Hall–Kier alpha value is -2.24. The summed E-state index contributed by atoms with van der Waals surface area (Å²) in [7, 11) is 1.59. The molecule has 0 aromatic heterocycles. The van der Waals surface area contributed by atoms with Crippen molar-refractivity contribution in [2.24, 2.45) is 5.92 Å². The van der Waals surface area contributed by atoms with E-state index in [-0.39, 0.29) is 12.6 Å². The fourth-order valence-electron chi connectivity index (χ4n) is 1.84. The van der Waals surface area contributed by atoms with Crippen molar-refractivity contribution >= 4 is 12.0 Å². The Morgan fingerprint density at radius 2 is 2.14 bits per heavy atom. The highest BCUT2D eigenvalue weighted by molar-refractivity contribution is 5.76. The van der Waals surface area contributed by atoms with Crippen LogP contribution >= 0.6 is 0 Å². The number of carbonyl (C=O) groups excluding carboxylic acids is 1. The molecule has 1 aromatic rings. The minimum atomic E-state index is -0.908. The number of hydrogen-bond acceptors (Lipinski definition) is 3. The zero-order valence-electron chi connectivity index (χ0n) is 12.6. The van der Waals surface area contributed by atoms with Crippen molar-refractivity contribution in [3.63, 3.8) is 0 Å². The van der Waals surface area contributed by atoms with E-state index < -0.39 is 11.9 Å². The number of carbonyl (C=O) groups is 2. The second-order valence-corrected chi connectivity index (χ2v) is 4.79. The van der Waals surface area contributed by atoms with Crippen LogP contribution in [0.1, 0.15) is 19.4 Å². The molecule has 0 saturated heterocycles. The highest BCUT2D eigenvalue weighted by Gasteiger charge is 2.18. The van der Waals surface area contributed by atoms with Crippen molar-refractivity contribution in [2.45, 2.75) is 20.4 Å². The van der Waals surface area contributed by atoms with Gasteiger partial charge in [-0.05, 0) is 24.6 Å². The first-order valence-corrected chi connectivity index (χ1v) is 6.86. The maximum absolute atomic E-state index is 12.1. The minimum Gasteiger partial charge on any atom is -0.497 e. The molecule has 0 aliphatic heterocycles. The van der Waals surface area contributed by atoms with E-state index in [1.807, 2.05) is 31.2 Å². The van der Waals surface area contributed by atoms with Crippen LogP contribution in [-0.2, 0) is 11.3 Å². The second-order valence-electron chi connectivity index (χ2n) is 4.79. The lowest BCUT2D eigenvalue weighted by atomic mass is 10.2. The van der Waals surface area contributed by atoms with Gasteiger partial charge < -0.3 is 20.1 Å². The molecule has 1 atom stereocenters. The lowest BCUT2D eigenvalue weighted by Gasteiger charge is -2.23. The molecule has 0 bridgehead atoms. The lowest BCUT2D eigenvalue weighted by Crippen LogP contribution is -2.42. The Morgan fingerprint density at radius 1 is 1.43 bits per heavy atom. The normalized spacial score (nSPS) is 11.6. The summed E-state index contributed by atoms with van der Waals surface area (Å²) in [6.07, 6.45) is 0. The number of ether oxygens (including phenoxy) is 1. The van der Waals surface area contributed by atoms with Gasteiger partial charge in [-0.25, -0.2) is 4.79 Å². The topological polar surface area (TPSA) is 78.9 Å². The van der Waals surface area contributed by atoms with Crippen LogP contribution in [-0.4, -0.2) is 42.2 Å². The van der Waals surface area contributed by atoms with Crippen molar-refractivity contribution in [3.05, 3.63) is 29.8 Å². The van der Waals surface area contributed by atoms with E-state index in [1.165, 1.54) is 4.90 Å². The van der Waals surface area contributed by atoms with Gasteiger partial charge in [-0.2, -0.15) is 0 Å². The number of methoxy groups -OCH3 is 1. The smallest absolute Gasteiger partial charge is 0.317 e. The predicted molar refractivity (Wildman–Crippen MR) is 79.3 cm³/mol. The Kier molecular flexibility index (Phi) is 6.52. The van der Waals surface area contributed by atoms with Crippen LogP contribution in [0.5, 0.6) is 5.75 Å². The fraction of sp³-hybridized carbons (Fsp3) is 0.467. The van der Waals surface area contributed by atoms with Crippen LogP contribution in [0, 0.1) is 5.92 Å². The number of amides is 2. The van der Waals surface area contributed by atoms with Crippen LogP contribution in [0.2, 0.25) is 0 Å². The van der Waals surface area contributed by atoms with Crippen molar-refractivity contribution in [3.8, 4) is 5.75 Å². The van der Waals surface area contributed by atoms with Crippen LogP contribution in [0.15, 0.2) is 24.3 Å². The van der Waals surface area contributed by atoms with Gasteiger partial charge in [-0.3, -0.25) is 4.79 Å². The van der Waals surface area contributed by atoms with Gasteiger partial charge in [-0.1, -0.05) is 19.1 Å². The molecule has 2 amide bonds. The molecule has 0 radical (unpaired) electrons. The first-order chi connectivity index (χ1) is 9.97. The van der Waals surface area contributed by atoms with Gasteiger partial charge in [0.15, 0.2) is 0 Å². The molecule has 1 rings (SSSR count). The van der Waals surface area contributed by atoms with Gasteiger partial charge >= 0.3 is 12.0 Å². The predicted octanol–water partition coefficient (Wildman–Crippen LogP) is 1.95. The molecule has 0 aliphatic carbocycles. The lowest BCUT2D eigenvalue weighted by molar-refractivity contribution is -0.141. The summed E-state index contributed by atoms with van der Waals surface area (Å²) in [6, 6.07) is 7.14. The molecule has 0 fully saturated rings. The molecule has 116 valence electrons. The molecule has 2 N–H and O–H groups in total. The standard InChI is InChI=1S/C15H22N2O4/c1-4-17(10-11(2)14(18)19)15(20)16-9-12-6-5-7-13(8-12)21-3/h5-8,11H,4,9-10H2,1-3H3,(H,16,20)(H,18,19). The number of aliphatic carboxylic acids is 1. The SMILES string of the molecule is CCN(CC(C)C(=O)O)C(=O)NCc1cccc(OC)c1. The molecule has 6 nitrogen and oxygen atoms in total. The molecular weight excluding hydrogens is 272 g/mol. The number of nitrogens with one attached hydrogen (secondary N) is 1. The molecule has 21 heavy (non-hydrogen) atoms. The summed E-state index contributed by atoms with van der Waals surface area (Å²) in [5.41, 5.74) is 0.921. The summed E-state index contributed by atoms with van der Waals surface area (Å²) in [4.78, 5) is 24.4. The van der Waals surface area contributed by atoms with E-state index in [1.54, 1.807) is 14.0 Å². The van der Waals surface area contributed by atoms with Gasteiger partial charge in [0.2, 0.25) is 0 Å². The molecule has 0 heterocycles. The molecule has 6 heteroatoms. The van der Waals surface area contributed by atoms with E-state index in [2.05, 4.69) is 5.32 Å². The maximum atomic E-state index is 12.1. The summed E-state index contributed by atoms with van der Waals surface area (Å²) in [6.45, 7) is 4.42.